The monoisotopic (exact) mass is 266 g/mol. The number of hydrogen-bond donors (Lipinski definition) is 2. The molecular formula is C13H18N2O4. The van der Waals surface area contributed by atoms with Crippen molar-refractivity contribution in [1.29, 1.82) is 0 Å². The van der Waals surface area contributed by atoms with Crippen molar-refractivity contribution in [3.63, 3.8) is 0 Å². The van der Waals surface area contributed by atoms with Crippen molar-refractivity contribution in [3.05, 3.63) is 39.9 Å². The van der Waals surface area contributed by atoms with Crippen LogP contribution in [0.5, 0.6) is 0 Å². The first-order chi connectivity index (χ1) is 9.02. The SMILES string of the molecule is CCCC(O)CNC(=O)Cc1ccc([N+](=O)[O-])cc1. The van der Waals surface area contributed by atoms with E-state index in [1.54, 1.807) is 12.1 Å². The molecular weight excluding hydrogens is 248 g/mol. The summed E-state index contributed by atoms with van der Waals surface area (Å²) in [5, 5.41) is 22.6. The van der Waals surface area contributed by atoms with E-state index in [0.717, 1.165) is 6.42 Å². The number of aliphatic hydroxyl groups is 1. The largest absolute Gasteiger partial charge is 0.391 e. The number of benzene rings is 1. The number of hydrogen-bond acceptors (Lipinski definition) is 4. The number of non-ortho nitro benzene ring substituents is 1. The molecule has 1 aromatic carbocycles. The van der Waals surface area contributed by atoms with Gasteiger partial charge in [-0.25, -0.2) is 0 Å². The van der Waals surface area contributed by atoms with E-state index >= 15 is 0 Å². The summed E-state index contributed by atoms with van der Waals surface area (Å²) < 4.78 is 0. The van der Waals surface area contributed by atoms with Crippen molar-refractivity contribution < 1.29 is 14.8 Å². The molecule has 1 amide bonds. The summed E-state index contributed by atoms with van der Waals surface area (Å²) in [7, 11) is 0. The Bertz CT molecular complexity index is 431. The zero-order chi connectivity index (χ0) is 14.3. The zero-order valence-electron chi connectivity index (χ0n) is 10.8. The Kier molecular flexibility index (Phi) is 5.95. The van der Waals surface area contributed by atoms with Gasteiger partial charge in [0.25, 0.3) is 5.69 Å². The molecule has 1 atom stereocenters. The smallest absolute Gasteiger partial charge is 0.269 e. The van der Waals surface area contributed by atoms with E-state index in [0.29, 0.717) is 12.0 Å². The summed E-state index contributed by atoms with van der Waals surface area (Å²) in [4.78, 5) is 21.6. The van der Waals surface area contributed by atoms with Gasteiger partial charge in [0.05, 0.1) is 17.4 Å². The van der Waals surface area contributed by atoms with Gasteiger partial charge in [-0.1, -0.05) is 25.5 Å². The van der Waals surface area contributed by atoms with Gasteiger partial charge < -0.3 is 10.4 Å². The molecule has 0 aromatic heterocycles. The van der Waals surface area contributed by atoms with Gasteiger partial charge in [0.2, 0.25) is 5.91 Å². The van der Waals surface area contributed by atoms with Crippen molar-refractivity contribution in [2.75, 3.05) is 6.54 Å². The Labute approximate surface area is 111 Å². The third kappa shape index (κ3) is 5.48. The van der Waals surface area contributed by atoms with E-state index < -0.39 is 11.0 Å². The maximum absolute atomic E-state index is 11.6. The fraction of sp³-hybridized carbons (Fsp3) is 0.462. The molecule has 2 N–H and O–H groups in total. The summed E-state index contributed by atoms with van der Waals surface area (Å²) in [6, 6.07) is 5.85. The van der Waals surface area contributed by atoms with Crippen molar-refractivity contribution in [2.45, 2.75) is 32.3 Å². The average Bonchev–Trinajstić information content (AvgIpc) is 2.37. The highest BCUT2D eigenvalue weighted by molar-refractivity contribution is 5.78. The minimum absolute atomic E-state index is 0.00234. The van der Waals surface area contributed by atoms with E-state index in [2.05, 4.69) is 5.32 Å². The number of rotatable bonds is 7. The lowest BCUT2D eigenvalue weighted by Crippen LogP contribution is -2.33. The summed E-state index contributed by atoms with van der Waals surface area (Å²) in [5.41, 5.74) is 0.704. The molecule has 0 radical (unpaired) electrons. The van der Waals surface area contributed by atoms with Crippen LogP contribution in [-0.4, -0.2) is 28.6 Å². The summed E-state index contributed by atoms with van der Waals surface area (Å²) in [6.45, 7) is 2.20. The highest BCUT2D eigenvalue weighted by atomic mass is 16.6. The first kappa shape index (κ1) is 15.1. The Morgan fingerprint density at radius 2 is 2.05 bits per heavy atom. The first-order valence-corrected chi connectivity index (χ1v) is 6.21. The van der Waals surface area contributed by atoms with Gasteiger partial charge in [0, 0.05) is 18.7 Å². The van der Waals surface area contributed by atoms with Gasteiger partial charge in [-0.3, -0.25) is 14.9 Å². The van der Waals surface area contributed by atoms with Crippen molar-refractivity contribution in [3.8, 4) is 0 Å². The summed E-state index contributed by atoms with van der Waals surface area (Å²) in [5.74, 6) is -0.205. The second-order valence-electron chi connectivity index (χ2n) is 4.35. The van der Waals surface area contributed by atoms with Crippen LogP contribution in [0.3, 0.4) is 0 Å². The third-order valence-corrected chi connectivity index (χ3v) is 2.67. The number of amides is 1. The summed E-state index contributed by atoms with van der Waals surface area (Å²) >= 11 is 0. The molecule has 0 fully saturated rings. The number of carbonyl (C=O) groups excluding carboxylic acids is 1. The molecule has 0 aliphatic heterocycles. The highest BCUT2D eigenvalue weighted by Gasteiger charge is 2.09. The molecule has 1 rings (SSSR count). The number of nitro benzene ring substituents is 1. The average molecular weight is 266 g/mol. The van der Waals surface area contributed by atoms with E-state index in [1.165, 1.54) is 12.1 Å². The number of carbonyl (C=O) groups is 1. The molecule has 0 saturated carbocycles. The van der Waals surface area contributed by atoms with Crippen LogP contribution in [0.2, 0.25) is 0 Å². The second kappa shape index (κ2) is 7.48. The van der Waals surface area contributed by atoms with E-state index in [1.807, 2.05) is 6.92 Å². The highest BCUT2D eigenvalue weighted by Crippen LogP contribution is 2.12. The Hall–Kier alpha value is -1.95. The Balaban J connectivity index is 2.42. The van der Waals surface area contributed by atoms with E-state index in [-0.39, 0.29) is 24.6 Å². The van der Waals surface area contributed by atoms with Crippen LogP contribution in [0.25, 0.3) is 0 Å². The van der Waals surface area contributed by atoms with Crippen LogP contribution >= 0.6 is 0 Å². The quantitative estimate of drug-likeness (QED) is 0.576. The zero-order valence-corrected chi connectivity index (χ0v) is 10.8. The van der Waals surface area contributed by atoms with Crippen molar-refractivity contribution in [2.24, 2.45) is 0 Å². The van der Waals surface area contributed by atoms with Gasteiger partial charge >= 0.3 is 0 Å². The van der Waals surface area contributed by atoms with Crippen molar-refractivity contribution in [1.82, 2.24) is 5.32 Å². The van der Waals surface area contributed by atoms with Crippen LogP contribution < -0.4 is 5.32 Å². The van der Waals surface area contributed by atoms with E-state index in [9.17, 15) is 20.0 Å². The van der Waals surface area contributed by atoms with Crippen LogP contribution in [-0.2, 0) is 11.2 Å². The molecule has 0 spiro atoms. The third-order valence-electron chi connectivity index (χ3n) is 2.67. The predicted octanol–water partition coefficient (Wildman–Crippen LogP) is 1.41. The Morgan fingerprint density at radius 3 is 2.58 bits per heavy atom. The van der Waals surface area contributed by atoms with Crippen LogP contribution in [0.15, 0.2) is 24.3 Å². The molecule has 0 saturated heterocycles. The first-order valence-electron chi connectivity index (χ1n) is 6.21. The molecule has 0 heterocycles. The topological polar surface area (TPSA) is 92.5 Å². The molecule has 0 aliphatic carbocycles. The molecule has 1 unspecified atom stereocenters. The predicted molar refractivity (Wildman–Crippen MR) is 70.7 cm³/mol. The minimum Gasteiger partial charge on any atom is -0.391 e. The molecule has 0 bridgehead atoms. The lowest BCUT2D eigenvalue weighted by atomic mass is 10.1. The number of nitrogens with one attached hydrogen (secondary N) is 1. The molecule has 6 heteroatoms. The van der Waals surface area contributed by atoms with Gasteiger partial charge in [0.1, 0.15) is 0 Å². The lowest BCUT2D eigenvalue weighted by molar-refractivity contribution is -0.384. The Morgan fingerprint density at radius 1 is 1.42 bits per heavy atom. The van der Waals surface area contributed by atoms with Gasteiger partial charge in [-0.2, -0.15) is 0 Å². The standard InChI is InChI=1S/C13H18N2O4/c1-2-3-12(16)9-14-13(17)8-10-4-6-11(7-5-10)15(18)19/h4-7,12,16H,2-3,8-9H2,1H3,(H,14,17). The minimum atomic E-state index is -0.522. The van der Waals surface area contributed by atoms with Crippen LogP contribution in [0.1, 0.15) is 25.3 Å². The lowest BCUT2D eigenvalue weighted by Gasteiger charge is -2.10. The number of aliphatic hydroxyl groups excluding tert-OH is 1. The molecule has 19 heavy (non-hydrogen) atoms. The number of nitro groups is 1. The van der Waals surface area contributed by atoms with Crippen LogP contribution in [0, 0.1) is 10.1 Å². The van der Waals surface area contributed by atoms with Gasteiger partial charge in [-0.05, 0) is 12.0 Å². The van der Waals surface area contributed by atoms with Gasteiger partial charge in [-0.15, -0.1) is 0 Å². The maximum Gasteiger partial charge on any atom is 0.269 e. The summed E-state index contributed by atoms with van der Waals surface area (Å²) in [6.07, 6.45) is 1.14. The molecule has 6 nitrogen and oxygen atoms in total. The number of nitrogens with zero attached hydrogens (tertiary/aromatic N) is 1. The van der Waals surface area contributed by atoms with Crippen molar-refractivity contribution >= 4 is 11.6 Å². The maximum atomic E-state index is 11.6. The van der Waals surface area contributed by atoms with E-state index in [4.69, 9.17) is 0 Å². The molecule has 104 valence electrons. The van der Waals surface area contributed by atoms with Crippen LogP contribution in [0.4, 0.5) is 5.69 Å². The molecule has 0 aliphatic rings. The fourth-order valence-corrected chi connectivity index (χ4v) is 1.65. The molecule has 1 aromatic rings. The normalized spacial score (nSPS) is 11.9. The van der Waals surface area contributed by atoms with Gasteiger partial charge in [0.15, 0.2) is 0 Å². The fourth-order valence-electron chi connectivity index (χ4n) is 1.65. The second-order valence-corrected chi connectivity index (χ2v) is 4.35.